The van der Waals surface area contributed by atoms with Crippen LogP contribution in [0.15, 0.2) is 28.5 Å². The van der Waals surface area contributed by atoms with E-state index in [0.717, 1.165) is 22.9 Å². The summed E-state index contributed by atoms with van der Waals surface area (Å²) < 4.78 is 28.3. The average molecular weight is 345 g/mol. The third-order valence-corrected chi connectivity index (χ3v) is 7.16. The molecule has 1 fully saturated rings. The standard InChI is InChI=1S/C14H17ClN2O2S2/c1-16-11-3-2-6-17(8-11)21(18,19)14-9-20-13-5-4-10(15)7-12(13)14/h4-5,7,9,11,16H,2-3,6,8H2,1H3. The summed E-state index contributed by atoms with van der Waals surface area (Å²) in [5, 5.41) is 6.18. The van der Waals surface area contributed by atoms with Crippen molar-refractivity contribution in [1.82, 2.24) is 9.62 Å². The van der Waals surface area contributed by atoms with Crippen LogP contribution in [0.4, 0.5) is 0 Å². The SMILES string of the molecule is CNC1CCCN(S(=O)(=O)c2csc3ccc(Cl)cc23)C1. The Morgan fingerprint density at radius 2 is 2.24 bits per heavy atom. The van der Waals surface area contributed by atoms with Crippen molar-refractivity contribution in [2.24, 2.45) is 0 Å². The van der Waals surface area contributed by atoms with E-state index in [-0.39, 0.29) is 6.04 Å². The topological polar surface area (TPSA) is 49.4 Å². The molecule has 0 bridgehead atoms. The highest BCUT2D eigenvalue weighted by atomic mass is 35.5. The Bertz CT molecular complexity index is 757. The molecule has 2 heterocycles. The molecule has 3 rings (SSSR count). The second kappa shape index (κ2) is 5.85. The molecular formula is C14H17ClN2O2S2. The summed E-state index contributed by atoms with van der Waals surface area (Å²) >= 11 is 7.46. The first kappa shape index (κ1) is 15.2. The fourth-order valence-electron chi connectivity index (χ4n) is 2.71. The number of sulfonamides is 1. The van der Waals surface area contributed by atoms with Gasteiger partial charge in [-0.1, -0.05) is 11.6 Å². The zero-order chi connectivity index (χ0) is 15.0. The lowest BCUT2D eigenvalue weighted by Crippen LogP contribution is -2.46. The van der Waals surface area contributed by atoms with Gasteiger partial charge >= 0.3 is 0 Å². The predicted octanol–water partition coefficient (Wildman–Crippen LogP) is 2.93. The molecule has 0 saturated carbocycles. The van der Waals surface area contributed by atoms with Gasteiger partial charge in [0.2, 0.25) is 10.0 Å². The monoisotopic (exact) mass is 344 g/mol. The molecule has 1 aliphatic rings. The van der Waals surface area contributed by atoms with Crippen LogP contribution in [-0.4, -0.2) is 38.9 Å². The van der Waals surface area contributed by atoms with Gasteiger partial charge in [0, 0.05) is 39.6 Å². The van der Waals surface area contributed by atoms with Crippen molar-refractivity contribution in [3.63, 3.8) is 0 Å². The molecule has 1 N–H and O–H groups in total. The van der Waals surface area contributed by atoms with Gasteiger partial charge in [0.1, 0.15) is 4.90 Å². The summed E-state index contributed by atoms with van der Waals surface area (Å²) in [7, 11) is -1.58. The molecule has 1 saturated heterocycles. The number of benzene rings is 1. The number of thiophene rings is 1. The first-order valence-electron chi connectivity index (χ1n) is 6.86. The highest BCUT2D eigenvalue weighted by molar-refractivity contribution is 7.89. The molecule has 1 aromatic heterocycles. The van der Waals surface area contributed by atoms with Gasteiger partial charge in [0.05, 0.1) is 0 Å². The highest BCUT2D eigenvalue weighted by Crippen LogP contribution is 2.34. The molecule has 1 aliphatic heterocycles. The van der Waals surface area contributed by atoms with E-state index in [1.165, 1.54) is 11.3 Å². The largest absolute Gasteiger partial charge is 0.316 e. The van der Waals surface area contributed by atoms with Gasteiger partial charge in [-0.3, -0.25) is 0 Å². The molecule has 0 radical (unpaired) electrons. The van der Waals surface area contributed by atoms with E-state index in [0.29, 0.717) is 23.0 Å². The lowest BCUT2D eigenvalue weighted by molar-refractivity contribution is 0.293. The second-order valence-electron chi connectivity index (χ2n) is 5.23. The molecule has 1 atom stereocenters. The van der Waals surface area contributed by atoms with Crippen molar-refractivity contribution in [3.8, 4) is 0 Å². The summed E-state index contributed by atoms with van der Waals surface area (Å²) in [5.41, 5.74) is 0. The second-order valence-corrected chi connectivity index (χ2v) is 8.49. The molecule has 1 unspecified atom stereocenters. The van der Waals surface area contributed by atoms with Gasteiger partial charge < -0.3 is 5.32 Å². The lowest BCUT2D eigenvalue weighted by atomic mass is 10.1. The predicted molar refractivity (Wildman–Crippen MR) is 87.7 cm³/mol. The highest BCUT2D eigenvalue weighted by Gasteiger charge is 2.31. The molecule has 2 aromatic rings. The minimum atomic E-state index is -3.46. The quantitative estimate of drug-likeness (QED) is 0.931. The number of hydrogen-bond donors (Lipinski definition) is 1. The third-order valence-electron chi connectivity index (χ3n) is 3.91. The summed E-state index contributed by atoms with van der Waals surface area (Å²) in [5.74, 6) is 0. The maximum Gasteiger partial charge on any atom is 0.244 e. The first-order valence-corrected chi connectivity index (χ1v) is 9.56. The summed E-state index contributed by atoms with van der Waals surface area (Å²) in [6.45, 7) is 1.11. The Morgan fingerprint density at radius 3 is 3.00 bits per heavy atom. The average Bonchev–Trinajstić information content (AvgIpc) is 2.91. The number of halogens is 1. The minimum Gasteiger partial charge on any atom is -0.316 e. The summed E-state index contributed by atoms with van der Waals surface area (Å²) in [6, 6.07) is 5.62. The number of nitrogens with one attached hydrogen (secondary N) is 1. The van der Waals surface area contributed by atoms with Gasteiger partial charge in [0.15, 0.2) is 0 Å². The summed E-state index contributed by atoms with van der Waals surface area (Å²) in [4.78, 5) is 0.377. The van der Waals surface area contributed by atoms with E-state index in [9.17, 15) is 8.42 Å². The molecule has 7 heteroatoms. The number of nitrogens with zero attached hydrogens (tertiary/aromatic N) is 1. The van der Waals surface area contributed by atoms with Crippen molar-refractivity contribution in [2.75, 3.05) is 20.1 Å². The van der Waals surface area contributed by atoms with Crippen LogP contribution >= 0.6 is 22.9 Å². The number of likely N-dealkylation sites (N-methyl/N-ethyl adjacent to an activating group) is 1. The molecule has 0 amide bonds. The number of hydrogen-bond acceptors (Lipinski definition) is 4. The van der Waals surface area contributed by atoms with E-state index >= 15 is 0 Å². The van der Waals surface area contributed by atoms with Crippen LogP contribution in [0, 0.1) is 0 Å². The van der Waals surface area contributed by atoms with Gasteiger partial charge in [-0.15, -0.1) is 11.3 Å². The first-order chi connectivity index (χ1) is 10.0. The molecular weight excluding hydrogens is 328 g/mol. The van der Waals surface area contributed by atoms with Crippen LogP contribution in [0.5, 0.6) is 0 Å². The fourth-order valence-corrected chi connectivity index (χ4v) is 5.85. The van der Waals surface area contributed by atoms with Gasteiger partial charge in [-0.05, 0) is 38.1 Å². The number of piperidine rings is 1. The van der Waals surface area contributed by atoms with E-state index in [1.807, 2.05) is 13.1 Å². The number of rotatable bonds is 3. The molecule has 114 valence electrons. The molecule has 1 aromatic carbocycles. The van der Waals surface area contributed by atoms with Gasteiger partial charge in [0.25, 0.3) is 0 Å². The van der Waals surface area contributed by atoms with Gasteiger partial charge in [-0.2, -0.15) is 4.31 Å². The molecule has 21 heavy (non-hydrogen) atoms. The van der Waals surface area contributed by atoms with Crippen molar-refractivity contribution < 1.29 is 8.42 Å². The Kier molecular flexibility index (Phi) is 4.25. The smallest absolute Gasteiger partial charge is 0.244 e. The van der Waals surface area contributed by atoms with E-state index < -0.39 is 10.0 Å². The van der Waals surface area contributed by atoms with Crippen LogP contribution in [0.2, 0.25) is 5.02 Å². The van der Waals surface area contributed by atoms with E-state index in [4.69, 9.17) is 11.6 Å². The van der Waals surface area contributed by atoms with E-state index in [2.05, 4.69) is 5.32 Å². The van der Waals surface area contributed by atoms with Crippen LogP contribution in [0.1, 0.15) is 12.8 Å². The van der Waals surface area contributed by atoms with Crippen molar-refractivity contribution in [3.05, 3.63) is 28.6 Å². The molecule has 4 nitrogen and oxygen atoms in total. The normalized spacial score (nSPS) is 21.0. The fraction of sp³-hybridized carbons (Fsp3) is 0.429. The van der Waals surface area contributed by atoms with Crippen molar-refractivity contribution in [1.29, 1.82) is 0 Å². The minimum absolute atomic E-state index is 0.224. The Labute approximate surface area is 133 Å². The Hall–Kier alpha value is -0.660. The van der Waals surface area contributed by atoms with Crippen LogP contribution in [0.3, 0.4) is 0 Å². The molecule has 0 spiro atoms. The molecule has 0 aliphatic carbocycles. The van der Waals surface area contributed by atoms with Gasteiger partial charge in [-0.25, -0.2) is 8.42 Å². The van der Waals surface area contributed by atoms with Crippen molar-refractivity contribution >= 4 is 43.0 Å². The lowest BCUT2D eigenvalue weighted by Gasteiger charge is -2.31. The maximum absolute atomic E-state index is 12.9. The third kappa shape index (κ3) is 2.83. The van der Waals surface area contributed by atoms with E-state index in [1.54, 1.807) is 21.8 Å². The zero-order valence-corrected chi connectivity index (χ0v) is 14.1. The summed E-state index contributed by atoms with van der Waals surface area (Å²) in [6.07, 6.45) is 1.90. The van der Waals surface area contributed by atoms with Crippen molar-refractivity contribution in [2.45, 2.75) is 23.8 Å². The Balaban J connectivity index is 2.02. The van der Waals surface area contributed by atoms with Crippen LogP contribution in [-0.2, 0) is 10.0 Å². The van der Waals surface area contributed by atoms with Crippen LogP contribution in [0.25, 0.3) is 10.1 Å². The Morgan fingerprint density at radius 1 is 1.43 bits per heavy atom. The zero-order valence-electron chi connectivity index (χ0n) is 11.7. The maximum atomic E-state index is 12.9. The number of fused-ring (bicyclic) bond motifs is 1. The van der Waals surface area contributed by atoms with Crippen LogP contribution < -0.4 is 5.32 Å².